The maximum atomic E-state index is 2.47. The lowest BCUT2D eigenvalue weighted by Crippen LogP contribution is -2.13. The predicted octanol–water partition coefficient (Wildman–Crippen LogP) is 14.2. The highest BCUT2D eigenvalue weighted by Gasteiger charge is 2.22. The van der Waals surface area contributed by atoms with Gasteiger partial charge in [0, 0.05) is 32.9 Å². The predicted molar refractivity (Wildman–Crippen MR) is 224 cm³/mol. The van der Waals surface area contributed by atoms with Gasteiger partial charge in [-0.2, -0.15) is 0 Å². The molecule has 0 fully saturated rings. The number of hydrogen-bond acceptors (Lipinski definition) is 1. The summed E-state index contributed by atoms with van der Waals surface area (Å²) in [6.45, 7) is 6.84. The van der Waals surface area contributed by atoms with Crippen molar-refractivity contribution in [1.29, 1.82) is 0 Å². The van der Waals surface area contributed by atoms with Gasteiger partial charge in [-0.15, -0.1) is 0 Å². The molecule has 10 aromatic rings. The third-order valence-corrected chi connectivity index (χ3v) is 10.9. The van der Waals surface area contributed by atoms with E-state index in [-0.39, 0.29) is 5.41 Å². The number of benzene rings is 9. The second kappa shape index (κ2) is 11.6. The van der Waals surface area contributed by atoms with Gasteiger partial charge in [-0.1, -0.05) is 154 Å². The Balaban J connectivity index is 1.31. The summed E-state index contributed by atoms with van der Waals surface area (Å²) in [5.74, 6) is 0. The monoisotopic (exact) mass is 666 g/mol. The molecule has 10 rings (SSSR count). The highest BCUT2D eigenvalue weighted by molar-refractivity contribution is 6.29. The Morgan fingerprint density at radius 3 is 1.63 bits per heavy atom. The number of nitrogens with zero attached hydrogens (tertiary/aromatic N) is 2. The fourth-order valence-electron chi connectivity index (χ4n) is 8.42. The van der Waals surface area contributed by atoms with Gasteiger partial charge in [-0.3, -0.25) is 0 Å². The lowest BCUT2D eigenvalue weighted by Gasteiger charge is -2.29. The number of hydrogen-bond donors (Lipinski definition) is 0. The largest absolute Gasteiger partial charge is 0.310 e. The van der Waals surface area contributed by atoms with E-state index in [4.69, 9.17) is 0 Å². The second-order valence-electron chi connectivity index (χ2n) is 15.0. The van der Waals surface area contributed by atoms with E-state index in [1.54, 1.807) is 0 Å². The van der Waals surface area contributed by atoms with Gasteiger partial charge in [0.25, 0.3) is 0 Å². The van der Waals surface area contributed by atoms with Crippen molar-refractivity contribution < 1.29 is 0 Å². The normalized spacial score (nSPS) is 12.1. The summed E-state index contributed by atoms with van der Waals surface area (Å²) in [6.07, 6.45) is 0. The molecule has 2 heteroatoms. The van der Waals surface area contributed by atoms with E-state index in [9.17, 15) is 0 Å². The van der Waals surface area contributed by atoms with E-state index in [1.807, 2.05) is 0 Å². The summed E-state index contributed by atoms with van der Waals surface area (Å²) in [6, 6.07) is 64.9. The smallest absolute Gasteiger partial charge is 0.0562 e. The topological polar surface area (TPSA) is 8.17 Å². The maximum Gasteiger partial charge on any atom is 0.0562 e. The molecule has 0 bridgehead atoms. The average molecular weight is 667 g/mol. The Bertz CT molecular complexity index is 2940. The zero-order chi connectivity index (χ0) is 35.0. The molecule has 2 nitrogen and oxygen atoms in total. The summed E-state index contributed by atoms with van der Waals surface area (Å²) in [4.78, 5) is 2.47. The van der Waals surface area contributed by atoms with E-state index < -0.39 is 0 Å². The van der Waals surface area contributed by atoms with Gasteiger partial charge in [0.05, 0.1) is 22.4 Å². The number of anilines is 3. The van der Waals surface area contributed by atoms with E-state index >= 15 is 0 Å². The molecule has 9 aromatic carbocycles. The molecular weight excluding hydrogens is 629 g/mol. The molecule has 0 amide bonds. The van der Waals surface area contributed by atoms with Crippen LogP contribution in [0.15, 0.2) is 176 Å². The van der Waals surface area contributed by atoms with E-state index in [0.717, 1.165) is 17.1 Å². The van der Waals surface area contributed by atoms with E-state index in [2.05, 4.69) is 206 Å². The van der Waals surface area contributed by atoms with Crippen LogP contribution in [0, 0.1) is 0 Å². The minimum absolute atomic E-state index is 0.0518. The molecule has 0 saturated heterocycles. The molecule has 0 aliphatic carbocycles. The van der Waals surface area contributed by atoms with Crippen LogP contribution in [-0.2, 0) is 5.41 Å². The molecule has 248 valence electrons. The molecule has 0 radical (unpaired) electrons. The molecule has 52 heavy (non-hydrogen) atoms. The van der Waals surface area contributed by atoms with Crippen LogP contribution >= 0.6 is 0 Å². The molecule has 0 saturated carbocycles. The first-order valence-electron chi connectivity index (χ1n) is 18.2. The van der Waals surface area contributed by atoms with Crippen LogP contribution in [0.4, 0.5) is 17.1 Å². The lowest BCUT2D eigenvalue weighted by atomic mass is 9.87. The standard InChI is InChI=1S/C50H38N2/c1-50(2,3)34-26-28-35(29-27-34)51(47-25-13-22-44-40-18-7-6-17-38(40)39-19-8-9-21-43(39)49(44)47)36-30-31-42-41-20-10-11-23-46(41)52(48(42)32-36)45-24-12-15-33-14-4-5-16-37(33)45/h4-32H,1-3H3. The van der Waals surface area contributed by atoms with Crippen LogP contribution < -0.4 is 4.90 Å². The van der Waals surface area contributed by atoms with Crippen molar-refractivity contribution in [2.24, 2.45) is 0 Å². The van der Waals surface area contributed by atoms with Crippen molar-refractivity contribution in [3.63, 3.8) is 0 Å². The number of para-hydroxylation sites is 1. The number of rotatable bonds is 4. The van der Waals surface area contributed by atoms with Crippen LogP contribution in [0.2, 0.25) is 0 Å². The molecule has 0 unspecified atom stereocenters. The quantitative estimate of drug-likeness (QED) is 0.170. The average Bonchev–Trinajstić information content (AvgIpc) is 3.51. The van der Waals surface area contributed by atoms with Gasteiger partial charge in [0.15, 0.2) is 0 Å². The zero-order valence-corrected chi connectivity index (χ0v) is 29.6. The molecular formula is C50H38N2. The Kier molecular flexibility index (Phi) is 6.78. The molecule has 1 heterocycles. The Hall–Kier alpha value is -6.38. The lowest BCUT2D eigenvalue weighted by molar-refractivity contribution is 0.590. The Morgan fingerprint density at radius 1 is 0.404 bits per heavy atom. The second-order valence-corrected chi connectivity index (χ2v) is 15.0. The Morgan fingerprint density at radius 2 is 0.923 bits per heavy atom. The first-order valence-corrected chi connectivity index (χ1v) is 18.2. The minimum atomic E-state index is 0.0518. The summed E-state index contributed by atoms with van der Waals surface area (Å²) in [5, 5.41) is 12.6. The molecule has 0 atom stereocenters. The summed E-state index contributed by atoms with van der Waals surface area (Å²) in [5.41, 5.74) is 8.35. The molecule has 0 aliphatic rings. The van der Waals surface area contributed by atoms with Crippen molar-refractivity contribution in [3.05, 3.63) is 181 Å². The van der Waals surface area contributed by atoms with Gasteiger partial charge < -0.3 is 9.47 Å². The van der Waals surface area contributed by atoms with Crippen molar-refractivity contribution in [2.75, 3.05) is 4.90 Å². The highest BCUT2D eigenvalue weighted by Crippen LogP contribution is 2.46. The van der Waals surface area contributed by atoms with Gasteiger partial charge in [-0.25, -0.2) is 0 Å². The van der Waals surface area contributed by atoms with Gasteiger partial charge >= 0.3 is 0 Å². The summed E-state index contributed by atoms with van der Waals surface area (Å²) < 4.78 is 2.46. The third kappa shape index (κ3) is 4.64. The van der Waals surface area contributed by atoms with Gasteiger partial charge in [-0.05, 0) is 85.8 Å². The van der Waals surface area contributed by atoms with Crippen molar-refractivity contribution in [1.82, 2.24) is 4.57 Å². The van der Waals surface area contributed by atoms with Crippen molar-refractivity contribution in [2.45, 2.75) is 26.2 Å². The van der Waals surface area contributed by atoms with Crippen LogP contribution in [0.25, 0.3) is 70.6 Å². The Labute approximate surface area is 303 Å². The zero-order valence-electron chi connectivity index (χ0n) is 29.6. The van der Waals surface area contributed by atoms with Gasteiger partial charge in [0.1, 0.15) is 0 Å². The molecule has 0 N–H and O–H groups in total. The molecule has 0 aliphatic heterocycles. The maximum absolute atomic E-state index is 2.47. The summed E-state index contributed by atoms with van der Waals surface area (Å²) in [7, 11) is 0. The molecule has 1 aromatic heterocycles. The third-order valence-electron chi connectivity index (χ3n) is 10.9. The van der Waals surface area contributed by atoms with Crippen LogP contribution in [-0.4, -0.2) is 4.57 Å². The van der Waals surface area contributed by atoms with E-state index in [1.165, 1.54) is 76.1 Å². The van der Waals surface area contributed by atoms with Crippen LogP contribution in [0.3, 0.4) is 0 Å². The highest BCUT2D eigenvalue weighted by atomic mass is 15.1. The number of aromatic nitrogens is 1. The SMILES string of the molecule is CC(C)(C)c1ccc(N(c2ccc3c4ccccc4n(-c4cccc5ccccc45)c3c2)c2cccc3c4ccccc4c4ccccc4c23)cc1. The van der Waals surface area contributed by atoms with Gasteiger partial charge in [0.2, 0.25) is 0 Å². The number of fused-ring (bicyclic) bond motifs is 10. The first kappa shape index (κ1) is 30.4. The fraction of sp³-hybridized carbons (Fsp3) is 0.0800. The van der Waals surface area contributed by atoms with Crippen molar-refractivity contribution in [3.8, 4) is 5.69 Å². The van der Waals surface area contributed by atoms with Crippen LogP contribution in [0.5, 0.6) is 0 Å². The van der Waals surface area contributed by atoms with E-state index in [0.29, 0.717) is 0 Å². The fourth-order valence-corrected chi connectivity index (χ4v) is 8.42. The first-order chi connectivity index (χ1) is 25.5. The van der Waals surface area contributed by atoms with Crippen LogP contribution in [0.1, 0.15) is 26.3 Å². The van der Waals surface area contributed by atoms with Crippen molar-refractivity contribution >= 4 is 82.0 Å². The molecule has 0 spiro atoms. The minimum Gasteiger partial charge on any atom is -0.310 e. The summed E-state index contributed by atoms with van der Waals surface area (Å²) >= 11 is 0.